The number of carbonyl (C=O) groups excluding carboxylic acids is 1. The van der Waals surface area contributed by atoms with E-state index in [0.717, 1.165) is 21.4 Å². The number of ether oxygens (including phenoxy) is 1. The maximum atomic E-state index is 13.0. The van der Waals surface area contributed by atoms with Gasteiger partial charge in [-0.2, -0.15) is 5.10 Å². The molecule has 4 rings (SSSR count). The molecular formula is C27H27N3O4. The molecule has 0 bridgehead atoms. The van der Waals surface area contributed by atoms with Crippen molar-refractivity contribution in [2.45, 2.75) is 25.7 Å². The first-order valence-electron chi connectivity index (χ1n) is 11.1. The molecule has 2 atom stereocenters. The van der Waals surface area contributed by atoms with Crippen LogP contribution in [0.5, 0.6) is 0 Å². The van der Waals surface area contributed by atoms with Crippen LogP contribution >= 0.6 is 0 Å². The first-order valence-corrected chi connectivity index (χ1v) is 11.1. The van der Waals surface area contributed by atoms with Gasteiger partial charge in [0.05, 0.1) is 24.6 Å². The van der Waals surface area contributed by atoms with E-state index in [1.54, 1.807) is 24.3 Å². The molecular weight excluding hydrogens is 430 g/mol. The third-order valence-electron chi connectivity index (χ3n) is 5.72. The number of fused-ring (bicyclic) bond motifs is 1. The molecule has 0 aliphatic carbocycles. The smallest absolute Gasteiger partial charge is 0.274 e. The van der Waals surface area contributed by atoms with Gasteiger partial charge in [-0.15, -0.1) is 0 Å². The third kappa shape index (κ3) is 4.90. The Kier molecular flexibility index (Phi) is 7.15. The Bertz CT molecular complexity index is 1350. The molecule has 3 aromatic carbocycles. The topological polar surface area (TPSA) is 93.5 Å². The fourth-order valence-corrected chi connectivity index (χ4v) is 3.98. The number of benzene rings is 3. The summed E-state index contributed by atoms with van der Waals surface area (Å²) in [6.07, 6.45) is -1.39. The minimum absolute atomic E-state index is 0.0237. The predicted molar refractivity (Wildman–Crippen MR) is 131 cm³/mol. The Labute approximate surface area is 197 Å². The van der Waals surface area contributed by atoms with E-state index < -0.39 is 12.0 Å². The molecule has 1 heterocycles. The lowest BCUT2D eigenvalue weighted by Crippen LogP contribution is -2.34. The quantitative estimate of drug-likeness (QED) is 0.424. The van der Waals surface area contributed by atoms with E-state index >= 15 is 0 Å². The number of hydrogen-bond acceptors (Lipinski definition) is 5. The highest BCUT2D eigenvalue weighted by molar-refractivity contribution is 6.04. The third-order valence-corrected chi connectivity index (χ3v) is 5.72. The molecule has 1 aromatic heterocycles. The monoisotopic (exact) mass is 457 g/mol. The molecule has 7 heteroatoms. The minimum Gasteiger partial charge on any atom is -0.389 e. The number of nitrogens with one attached hydrogen (secondary N) is 1. The van der Waals surface area contributed by atoms with Crippen LogP contribution in [0.25, 0.3) is 10.8 Å². The molecule has 0 radical (unpaired) electrons. The Morgan fingerprint density at radius 1 is 1.00 bits per heavy atom. The van der Waals surface area contributed by atoms with Crippen molar-refractivity contribution in [1.82, 2.24) is 15.1 Å². The van der Waals surface area contributed by atoms with Gasteiger partial charge in [0.1, 0.15) is 6.10 Å². The number of hydrogen-bond donors (Lipinski definition) is 2. The van der Waals surface area contributed by atoms with Crippen LogP contribution in [0, 0.1) is 6.92 Å². The number of aromatic nitrogens is 2. The zero-order chi connectivity index (χ0) is 24.1. The second-order valence-corrected chi connectivity index (χ2v) is 8.10. The Balaban J connectivity index is 1.59. The highest BCUT2D eigenvalue weighted by Crippen LogP contribution is 2.28. The molecule has 7 nitrogen and oxygen atoms in total. The maximum Gasteiger partial charge on any atom is 0.274 e. The average molecular weight is 458 g/mol. The first-order chi connectivity index (χ1) is 16.5. The molecule has 0 fully saturated rings. The fraction of sp³-hybridized carbons (Fsp3) is 0.222. The van der Waals surface area contributed by atoms with E-state index in [4.69, 9.17) is 4.74 Å². The number of rotatable bonds is 8. The van der Waals surface area contributed by atoms with Crippen molar-refractivity contribution < 1.29 is 14.6 Å². The molecule has 0 aliphatic rings. The van der Waals surface area contributed by atoms with E-state index in [9.17, 15) is 14.7 Å². The zero-order valence-corrected chi connectivity index (χ0v) is 19.1. The lowest BCUT2D eigenvalue weighted by Gasteiger charge is -2.23. The molecule has 1 amide bonds. The van der Waals surface area contributed by atoms with Crippen molar-refractivity contribution >= 4 is 16.7 Å². The van der Waals surface area contributed by atoms with Crippen molar-refractivity contribution in [2.24, 2.45) is 0 Å². The van der Waals surface area contributed by atoms with Crippen LogP contribution in [-0.2, 0) is 11.3 Å². The number of nitrogens with zero attached hydrogens (tertiary/aromatic N) is 2. The average Bonchev–Trinajstić information content (AvgIpc) is 2.87. The summed E-state index contributed by atoms with van der Waals surface area (Å²) < 4.78 is 7.31. The molecule has 174 valence electrons. The van der Waals surface area contributed by atoms with Gasteiger partial charge in [-0.3, -0.25) is 9.59 Å². The van der Waals surface area contributed by atoms with E-state index in [2.05, 4.69) is 10.4 Å². The number of amides is 1. The Morgan fingerprint density at radius 2 is 1.65 bits per heavy atom. The van der Waals surface area contributed by atoms with E-state index in [1.165, 1.54) is 7.05 Å². The van der Waals surface area contributed by atoms with Crippen LogP contribution in [0.2, 0.25) is 0 Å². The summed E-state index contributed by atoms with van der Waals surface area (Å²) in [5, 5.41) is 18.4. The SMILES string of the molecule is CNC(=O)c1nn(CC(O)COC(c2ccccc2)c2ccccc2C)c(=O)c2ccccc12. The van der Waals surface area contributed by atoms with E-state index in [1.807, 2.05) is 61.5 Å². The largest absolute Gasteiger partial charge is 0.389 e. The van der Waals surface area contributed by atoms with Gasteiger partial charge in [-0.05, 0) is 29.7 Å². The lowest BCUT2D eigenvalue weighted by molar-refractivity contribution is -0.00263. The number of aliphatic hydroxyl groups is 1. The van der Waals surface area contributed by atoms with Crippen LogP contribution in [-0.4, -0.2) is 40.6 Å². The molecule has 0 aliphatic heterocycles. The molecule has 0 saturated heterocycles. The summed E-state index contributed by atoms with van der Waals surface area (Å²) in [6, 6.07) is 24.5. The molecule has 2 unspecified atom stereocenters. The van der Waals surface area contributed by atoms with E-state index in [-0.39, 0.29) is 30.5 Å². The summed E-state index contributed by atoms with van der Waals surface area (Å²) in [5.41, 5.74) is 2.80. The normalized spacial score (nSPS) is 12.9. The van der Waals surface area contributed by atoms with Crippen molar-refractivity contribution in [1.29, 1.82) is 0 Å². The molecule has 0 saturated carbocycles. The van der Waals surface area contributed by atoms with Crippen LogP contribution in [0.4, 0.5) is 0 Å². The van der Waals surface area contributed by atoms with Crippen LogP contribution in [0.3, 0.4) is 0 Å². The second kappa shape index (κ2) is 10.4. The number of aliphatic hydroxyl groups excluding tert-OH is 1. The van der Waals surface area contributed by atoms with Gasteiger partial charge in [0.2, 0.25) is 0 Å². The Morgan fingerprint density at radius 3 is 2.35 bits per heavy atom. The summed E-state index contributed by atoms with van der Waals surface area (Å²) in [5.74, 6) is -0.403. The van der Waals surface area contributed by atoms with Crippen LogP contribution in [0.1, 0.15) is 33.3 Å². The first kappa shape index (κ1) is 23.4. The van der Waals surface area contributed by atoms with Crippen molar-refractivity contribution in [3.05, 3.63) is 112 Å². The predicted octanol–water partition coefficient (Wildman–Crippen LogP) is 3.23. The van der Waals surface area contributed by atoms with Crippen molar-refractivity contribution in [3.8, 4) is 0 Å². The molecule has 4 aromatic rings. The summed E-state index contributed by atoms with van der Waals surface area (Å²) in [7, 11) is 1.51. The standard InChI is InChI=1S/C27H27N3O4/c1-18-10-6-7-13-21(18)25(19-11-4-3-5-12-19)34-17-20(31)16-30-27(33)23-15-9-8-14-22(23)24(29-30)26(32)28-2/h3-15,20,25,31H,16-17H2,1-2H3,(H,28,32). The lowest BCUT2D eigenvalue weighted by atomic mass is 9.97. The fourth-order valence-electron chi connectivity index (χ4n) is 3.98. The van der Waals surface area contributed by atoms with Gasteiger partial charge in [-0.25, -0.2) is 4.68 Å². The molecule has 2 N–H and O–H groups in total. The second-order valence-electron chi connectivity index (χ2n) is 8.10. The van der Waals surface area contributed by atoms with Gasteiger partial charge in [0.15, 0.2) is 5.69 Å². The number of aryl methyl sites for hydroxylation is 1. The zero-order valence-electron chi connectivity index (χ0n) is 19.1. The van der Waals surface area contributed by atoms with Gasteiger partial charge in [0, 0.05) is 12.4 Å². The van der Waals surface area contributed by atoms with Gasteiger partial charge in [0.25, 0.3) is 11.5 Å². The highest BCUT2D eigenvalue weighted by Gasteiger charge is 2.21. The van der Waals surface area contributed by atoms with Gasteiger partial charge >= 0.3 is 0 Å². The Hall–Kier alpha value is -3.81. The maximum absolute atomic E-state index is 13.0. The molecule has 0 spiro atoms. The summed E-state index contributed by atoms with van der Waals surface area (Å²) in [4.78, 5) is 25.3. The summed E-state index contributed by atoms with van der Waals surface area (Å²) in [6.45, 7) is 1.89. The van der Waals surface area contributed by atoms with Crippen molar-refractivity contribution in [2.75, 3.05) is 13.7 Å². The van der Waals surface area contributed by atoms with Gasteiger partial charge in [-0.1, -0.05) is 72.8 Å². The summed E-state index contributed by atoms with van der Waals surface area (Å²) >= 11 is 0. The highest BCUT2D eigenvalue weighted by atomic mass is 16.5. The molecule has 34 heavy (non-hydrogen) atoms. The van der Waals surface area contributed by atoms with Crippen LogP contribution in [0.15, 0.2) is 83.7 Å². The number of carbonyl (C=O) groups is 1. The van der Waals surface area contributed by atoms with Crippen LogP contribution < -0.4 is 10.9 Å². The van der Waals surface area contributed by atoms with E-state index in [0.29, 0.717) is 10.8 Å². The van der Waals surface area contributed by atoms with Crippen molar-refractivity contribution in [3.63, 3.8) is 0 Å². The van der Waals surface area contributed by atoms with Gasteiger partial charge < -0.3 is 15.2 Å². The minimum atomic E-state index is -1.01.